The molecule has 0 atom stereocenters. The molecule has 0 bridgehead atoms. The van der Waals surface area contributed by atoms with E-state index >= 15 is 0 Å². The number of nitrogens with one attached hydrogen (secondary N) is 1. The lowest BCUT2D eigenvalue weighted by atomic mass is 10.1. The highest BCUT2D eigenvalue weighted by molar-refractivity contribution is 5.78. The van der Waals surface area contributed by atoms with E-state index in [1.54, 1.807) is 0 Å². The highest BCUT2D eigenvalue weighted by Crippen LogP contribution is 2.22. The van der Waals surface area contributed by atoms with Crippen LogP contribution in [0.25, 0.3) is 22.4 Å². The van der Waals surface area contributed by atoms with E-state index in [0.29, 0.717) is 12.4 Å². The van der Waals surface area contributed by atoms with Crippen LogP contribution in [0, 0.1) is 0 Å². The number of rotatable bonds is 4. The predicted octanol–water partition coefficient (Wildman–Crippen LogP) is 1.69. The molecule has 0 radical (unpaired) electrons. The number of nitrogens with zero attached hydrogens (tertiary/aromatic N) is 3. The van der Waals surface area contributed by atoms with Gasteiger partial charge in [0.05, 0.1) is 12.3 Å². The second-order valence-corrected chi connectivity index (χ2v) is 3.99. The molecule has 1 aromatic carbocycles. The Hall–Kier alpha value is -2.47. The summed E-state index contributed by atoms with van der Waals surface area (Å²) in [6.45, 7) is 0.518. The Labute approximate surface area is 109 Å². The van der Waals surface area contributed by atoms with E-state index in [1.807, 2.05) is 30.3 Å². The summed E-state index contributed by atoms with van der Waals surface area (Å²) < 4.78 is 5.26. The van der Waals surface area contributed by atoms with Crippen LogP contribution < -0.4 is 5.32 Å². The number of hydrogen-bond acceptors (Lipinski definition) is 6. The third kappa shape index (κ3) is 2.38. The molecule has 3 rings (SSSR count). The molecule has 96 valence electrons. The van der Waals surface area contributed by atoms with Gasteiger partial charge in [-0.25, -0.2) is 4.98 Å². The summed E-state index contributed by atoms with van der Waals surface area (Å²) in [5, 5.41) is 19.8. The molecule has 0 spiro atoms. The molecule has 0 unspecified atom stereocenters. The largest absolute Gasteiger partial charge is 0.443 e. The Kier molecular flexibility index (Phi) is 3.07. The van der Waals surface area contributed by atoms with Gasteiger partial charge in [-0.1, -0.05) is 6.07 Å². The van der Waals surface area contributed by atoms with Crippen molar-refractivity contribution in [1.29, 1.82) is 0 Å². The number of anilines is 1. The van der Waals surface area contributed by atoms with Crippen molar-refractivity contribution in [2.24, 2.45) is 0 Å². The van der Waals surface area contributed by atoms with Crippen molar-refractivity contribution in [2.75, 3.05) is 18.5 Å². The summed E-state index contributed by atoms with van der Waals surface area (Å²) in [4.78, 5) is 4.06. The first-order valence-electron chi connectivity index (χ1n) is 5.89. The van der Waals surface area contributed by atoms with Crippen molar-refractivity contribution >= 4 is 16.9 Å². The topological polar surface area (TPSA) is 84.1 Å². The fourth-order valence-electron chi connectivity index (χ4n) is 1.78. The van der Waals surface area contributed by atoms with E-state index in [2.05, 4.69) is 20.5 Å². The molecule has 0 fully saturated rings. The van der Waals surface area contributed by atoms with E-state index in [-0.39, 0.29) is 6.61 Å². The van der Waals surface area contributed by atoms with Crippen LogP contribution in [-0.4, -0.2) is 33.4 Å². The zero-order valence-corrected chi connectivity index (χ0v) is 10.1. The fraction of sp³-hybridized carbons (Fsp3) is 0.154. The molecule has 2 aromatic heterocycles. The lowest BCUT2D eigenvalue weighted by molar-refractivity contribution is 0.311. The van der Waals surface area contributed by atoms with E-state index in [1.165, 1.54) is 6.39 Å². The van der Waals surface area contributed by atoms with E-state index in [4.69, 9.17) is 9.52 Å². The summed E-state index contributed by atoms with van der Waals surface area (Å²) in [6.07, 6.45) is 1.42. The minimum absolute atomic E-state index is 0.0611. The maximum absolute atomic E-state index is 8.71. The standard InChI is InChI=1S/C13H12N4O2/c18-6-5-14-13-4-3-10(16-17-13)9-1-2-11-12(7-9)19-8-15-11/h1-4,7-8,18H,5-6H2,(H,14,17). The number of aliphatic hydroxyl groups excluding tert-OH is 1. The summed E-state index contributed by atoms with van der Waals surface area (Å²) in [5.41, 5.74) is 3.22. The van der Waals surface area contributed by atoms with Gasteiger partial charge in [0.1, 0.15) is 11.3 Å². The van der Waals surface area contributed by atoms with Gasteiger partial charge in [0.2, 0.25) is 0 Å². The van der Waals surface area contributed by atoms with Gasteiger partial charge in [-0.3, -0.25) is 0 Å². The molecule has 6 nitrogen and oxygen atoms in total. The SMILES string of the molecule is OCCNc1ccc(-c2ccc3ncoc3c2)nn1. The number of aromatic nitrogens is 3. The minimum atomic E-state index is 0.0611. The highest BCUT2D eigenvalue weighted by atomic mass is 16.3. The molecule has 0 aliphatic heterocycles. The number of fused-ring (bicyclic) bond motifs is 1. The normalized spacial score (nSPS) is 10.8. The zero-order chi connectivity index (χ0) is 13.1. The maximum atomic E-state index is 8.71. The lowest BCUT2D eigenvalue weighted by Gasteiger charge is -2.03. The Morgan fingerprint density at radius 2 is 2.11 bits per heavy atom. The smallest absolute Gasteiger partial charge is 0.181 e. The first-order chi connectivity index (χ1) is 9.36. The van der Waals surface area contributed by atoms with Crippen molar-refractivity contribution < 1.29 is 9.52 Å². The monoisotopic (exact) mass is 256 g/mol. The van der Waals surface area contributed by atoms with Gasteiger partial charge in [0, 0.05) is 12.1 Å². The molecule has 0 aliphatic rings. The van der Waals surface area contributed by atoms with Crippen molar-refractivity contribution in [3.8, 4) is 11.3 Å². The van der Waals surface area contributed by atoms with Crippen molar-refractivity contribution in [3.63, 3.8) is 0 Å². The van der Waals surface area contributed by atoms with Gasteiger partial charge in [-0.15, -0.1) is 10.2 Å². The summed E-state index contributed by atoms with van der Waals surface area (Å²) >= 11 is 0. The third-order valence-electron chi connectivity index (χ3n) is 2.71. The lowest BCUT2D eigenvalue weighted by Crippen LogP contribution is -2.07. The van der Waals surface area contributed by atoms with Crippen LogP contribution in [0.4, 0.5) is 5.82 Å². The van der Waals surface area contributed by atoms with E-state index in [0.717, 1.165) is 22.4 Å². The third-order valence-corrected chi connectivity index (χ3v) is 2.71. The van der Waals surface area contributed by atoms with Gasteiger partial charge >= 0.3 is 0 Å². The van der Waals surface area contributed by atoms with Crippen LogP contribution in [0.2, 0.25) is 0 Å². The Balaban J connectivity index is 1.88. The summed E-state index contributed by atoms with van der Waals surface area (Å²) in [5.74, 6) is 0.638. The van der Waals surface area contributed by atoms with Gasteiger partial charge in [0.25, 0.3) is 0 Å². The quantitative estimate of drug-likeness (QED) is 0.739. The number of benzene rings is 1. The highest BCUT2D eigenvalue weighted by Gasteiger charge is 2.04. The Bertz CT molecular complexity index is 678. The average Bonchev–Trinajstić information content (AvgIpc) is 2.93. The van der Waals surface area contributed by atoms with E-state index < -0.39 is 0 Å². The molecule has 0 amide bonds. The molecule has 6 heteroatoms. The van der Waals surface area contributed by atoms with Gasteiger partial charge in [-0.2, -0.15) is 0 Å². The molecular formula is C13H12N4O2. The molecular weight excluding hydrogens is 244 g/mol. The van der Waals surface area contributed by atoms with Crippen molar-refractivity contribution in [3.05, 3.63) is 36.7 Å². The fourth-order valence-corrected chi connectivity index (χ4v) is 1.78. The molecule has 0 saturated heterocycles. The van der Waals surface area contributed by atoms with Gasteiger partial charge in [-0.05, 0) is 24.3 Å². The number of oxazole rings is 1. The van der Waals surface area contributed by atoms with Crippen LogP contribution >= 0.6 is 0 Å². The first kappa shape index (κ1) is 11.6. The van der Waals surface area contributed by atoms with Gasteiger partial charge < -0.3 is 14.8 Å². The van der Waals surface area contributed by atoms with Crippen molar-refractivity contribution in [1.82, 2.24) is 15.2 Å². The van der Waals surface area contributed by atoms with Crippen LogP contribution in [-0.2, 0) is 0 Å². The molecule has 2 heterocycles. The van der Waals surface area contributed by atoms with Gasteiger partial charge in [0.15, 0.2) is 12.0 Å². The average molecular weight is 256 g/mol. The minimum Gasteiger partial charge on any atom is -0.443 e. The Morgan fingerprint density at radius 3 is 2.89 bits per heavy atom. The second kappa shape index (κ2) is 5.03. The second-order valence-electron chi connectivity index (χ2n) is 3.99. The molecule has 2 N–H and O–H groups in total. The van der Waals surface area contributed by atoms with Crippen molar-refractivity contribution in [2.45, 2.75) is 0 Å². The maximum Gasteiger partial charge on any atom is 0.181 e. The van der Waals surface area contributed by atoms with Crippen LogP contribution in [0.3, 0.4) is 0 Å². The summed E-state index contributed by atoms with van der Waals surface area (Å²) in [7, 11) is 0. The number of aliphatic hydroxyl groups is 1. The molecule has 3 aromatic rings. The summed E-state index contributed by atoms with van der Waals surface area (Å²) in [6, 6.07) is 9.38. The Morgan fingerprint density at radius 1 is 1.16 bits per heavy atom. The predicted molar refractivity (Wildman–Crippen MR) is 70.6 cm³/mol. The zero-order valence-electron chi connectivity index (χ0n) is 10.1. The molecule has 0 saturated carbocycles. The first-order valence-corrected chi connectivity index (χ1v) is 5.89. The van der Waals surface area contributed by atoms with Crippen LogP contribution in [0.1, 0.15) is 0 Å². The molecule has 19 heavy (non-hydrogen) atoms. The van der Waals surface area contributed by atoms with Crippen LogP contribution in [0.5, 0.6) is 0 Å². The van der Waals surface area contributed by atoms with E-state index in [9.17, 15) is 0 Å². The molecule has 0 aliphatic carbocycles. The van der Waals surface area contributed by atoms with Crippen LogP contribution in [0.15, 0.2) is 41.1 Å². The number of hydrogen-bond donors (Lipinski definition) is 2.